The Morgan fingerprint density at radius 1 is 1.58 bits per heavy atom. The van der Waals surface area contributed by atoms with Crippen molar-refractivity contribution in [3.8, 4) is 0 Å². The van der Waals surface area contributed by atoms with Crippen molar-refractivity contribution >= 4 is 17.2 Å². The molecule has 4 nitrogen and oxygen atoms in total. The summed E-state index contributed by atoms with van der Waals surface area (Å²) in [7, 11) is 0. The van der Waals surface area contributed by atoms with Gasteiger partial charge in [0.05, 0.1) is 11.4 Å². The summed E-state index contributed by atoms with van der Waals surface area (Å²) in [6.07, 6.45) is 4.61. The number of hydrogen-bond acceptors (Lipinski definition) is 3. The fourth-order valence-corrected chi connectivity index (χ4v) is 3.03. The molecule has 0 spiro atoms. The fourth-order valence-electron chi connectivity index (χ4n) is 2.01. The Balaban J connectivity index is 1.96. The molecule has 102 valence electrons. The molecule has 2 aromatic heterocycles. The van der Waals surface area contributed by atoms with Crippen LogP contribution >= 0.6 is 11.3 Å². The van der Waals surface area contributed by atoms with Gasteiger partial charge < -0.3 is 5.32 Å². The lowest BCUT2D eigenvalue weighted by atomic mass is 10.2. The minimum absolute atomic E-state index is 0.00690. The van der Waals surface area contributed by atoms with Crippen LogP contribution in [0, 0.1) is 6.92 Å². The van der Waals surface area contributed by atoms with Crippen LogP contribution in [0.5, 0.6) is 0 Å². The van der Waals surface area contributed by atoms with Gasteiger partial charge in [-0.05, 0) is 38.0 Å². The van der Waals surface area contributed by atoms with Gasteiger partial charge in [-0.15, -0.1) is 11.3 Å². The number of aromatic nitrogens is 2. The van der Waals surface area contributed by atoms with Gasteiger partial charge in [0.25, 0.3) is 5.91 Å². The first kappa shape index (κ1) is 13.8. The fraction of sp³-hybridized carbons (Fsp3) is 0.429. The first-order valence-electron chi connectivity index (χ1n) is 6.47. The quantitative estimate of drug-likeness (QED) is 0.913. The maximum Gasteiger partial charge on any atom is 0.261 e. The zero-order valence-corrected chi connectivity index (χ0v) is 12.3. The second-order valence-corrected chi connectivity index (χ2v) is 5.90. The summed E-state index contributed by atoms with van der Waals surface area (Å²) >= 11 is 1.56. The van der Waals surface area contributed by atoms with E-state index < -0.39 is 0 Å². The molecule has 2 aromatic rings. The van der Waals surface area contributed by atoms with Crippen molar-refractivity contribution in [2.75, 3.05) is 0 Å². The van der Waals surface area contributed by atoms with Crippen LogP contribution in [0.25, 0.3) is 0 Å². The van der Waals surface area contributed by atoms with Gasteiger partial charge in [0, 0.05) is 23.3 Å². The number of aryl methyl sites for hydroxylation is 2. The van der Waals surface area contributed by atoms with Crippen LogP contribution in [0.15, 0.2) is 24.5 Å². The van der Waals surface area contributed by atoms with Crippen molar-refractivity contribution < 1.29 is 4.79 Å². The lowest BCUT2D eigenvalue weighted by molar-refractivity contribution is 0.0940. The van der Waals surface area contributed by atoms with Crippen LogP contribution in [-0.4, -0.2) is 21.7 Å². The zero-order chi connectivity index (χ0) is 13.8. The first-order valence-corrected chi connectivity index (χ1v) is 7.29. The van der Waals surface area contributed by atoms with E-state index in [1.807, 2.05) is 29.9 Å². The molecule has 0 fully saturated rings. The number of nitrogens with zero attached hydrogens (tertiary/aromatic N) is 2. The van der Waals surface area contributed by atoms with Crippen LogP contribution in [0.3, 0.4) is 0 Å². The molecule has 1 amide bonds. The van der Waals surface area contributed by atoms with E-state index in [2.05, 4.69) is 24.3 Å². The number of carbonyl (C=O) groups is 1. The summed E-state index contributed by atoms with van der Waals surface area (Å²) in [5, 5.41) is 7.15. The molecule has 0 saturated carbocycles. The molecular formula is C14H19N3OS. The Bertz CT molecular complexity index is 545. The molecule has 2 heterocycles. The van der Waals surface area contributed by atoms with Gasteiger partial charge in [-0.3, -0.25) is 9.48 Å². The predicted octanol–water partition coefficient (Wildman–Crippen LogP) is 2.63. The van der Waals surface area contributed by atoms with Gasteiger partial charge in [0.1, 0.15) is 0 Å². The number of hydrogen-bond donors (Lipinski definition) is 1. The van der Waals surface area contributed by atoms with E-state index in [1.54, 1.807) is 17.5 Å². The third kappa shape index (κ3) is 3.44. The minimum atomic E-state index is 0.00690. The largest absolute Gasteiger partial charge is 0.347 e. The highest BCUT2D eigenvalue weighted by molar-refractivity contribution is 7.14. The summed E-state index contributed by atoms with van der Waals surface area (Å²) in [6.45, 7) is 6.84. The zero-order valence-electron chi connectivity index (χ0n) is 11.5. The van der Waals surface area contributed by atoms with Crippen molar-refractivity contribution in [3.05, 3.63) is 39.8 Å². The average Bonchev–Trinajstić information content (AvgIpc) is 2.98. The second kappa shape index (κ2) is 6.02. The van der Waals surface area contributed by atoms with Crippen molar-refractivity contribution in [1.82, 2.24) is 15.1 Å². The highest BCUT2D eigenvalue weighted by atomic mass is 32.1. The summed E-state index contributed by atoms with van der Waals surface area (Å²) < 4.78 is 1.82. The van der Waals surface area contributed by atoms with Crippen LogP contribution in [0.4, 0.5) is 0 Å². The van der Waals surface area contributed by atoms with Gasteiger partial charge in [-0.2, -0.15) is 5.10 Å². The van der Waals surface area contributed by atoms with Gasteiger partial charge in [0.15, 0.2) is 0 Å². The highest BCUT2D eigenvalue weighted by Gasteiger charge is 2.14. The maximum absolute atomic E-state index is 12.1. The van der Waals surface area contributed by atoms with Crippen molar-refractivity contribution in [2.45, 2.75) is 39.8 Å². The molecule has 0 aliphatic heterocycles. The third-order valence-electron chi connectivity index (χ3n) is 3.02. The molecule has 0 aliphatic carbocycles. The lowest BCUT2D eigenvalue weighted by Gasteiger charge is -2.13. The normalized spacial score (nSPS) is 12.4. The molecule has 0 aliphatic rings. The van der Waals surface area contributed by atoms with Crippen LogP contribution < -0.4 is 5.32 Å². The molecule has 5 heteroatoms. The van der Waals surface area contributed by atoms with E-state index in [0.29, 0.717) is 6.54 Å². The molecule has 0 saturated heterocycles. The molecule has 2 rings (SSSR count). The molecule has 0 radical (unpaired) electrons. The van der Waals surface area contributed by atoms with Gasteiger partial charge in [-0.25, -0.2) is 0 Å². The number of carbonyl (C=O) groups excluding carboxylic acids is 1. The van der Waals surface area contributed by atoms with Crippen LogP contribution in [-0.2, 0) is 13.0 Å². The van der Waals surface area contributed by atoms with Crippen LogP contribution in [0.2, 0.25) is 0 Å². The molecular weight excluding hydrogens is 258 g/mol. The monoisotopic (exact) mass is 277 g/mol. The molecule has 19 heavy (non-hydrogen) atoms. The van der Waals surface area contributed by atoms with Gasteiger partial charge in [-0.1, -0.05) is 6.92 Å². The maximum atomic E-state index is 12.1. The smallest absolute Gasteiger partial charge is 0.261 e. The number of rotatable bonds is 5. The van der Waals surface area contributed by atoms with Crippen molar-refractivity contribution in [2.24, 2.45) is 0 Å². The number of nitrogens with one attached hydrogen (secondary N) is 1. The molecule has 0 bridgehead atoms. The summed E-state index contributed by atoms with van der Waals surface area (Å²) in [6, 6.07) is 3.93. The number of amides is 1. The number of thiophene rings is 1. The Kier molecular flexibility index (Phi) is 4.37. The Morgan fingerprint density at radius 2 is 2.37 bits per heavy atom. The predicted molar refractivity (Wildman–Crippen MR) is 77.6 cm³/mol. The highest BCUT2D eigenvalue weighted by Crippen LogP contribution is 2.21. The average molecular weight is 277 g/mol. The van der Waals surface area contributed by atoms with E-state index in [1.165, 1.54) is 10.4 Å². The Hall–Kier alpha value is -1.62. The topological polar surface area (TPSA) is 46.9 Å². The summed E-state index contributed by atoms with van der Waals surface area (Å²) in [5.74, 6) is 0.00690. The summed E-state index contributed by atoms with van der Waals surface area (Å²) in [5.41, 5.74) is 1.26. The van der Waals surface area contributed by atoms with E-state index in [9.17, 15) is 4.79 Å². The molecule has 1 N–H and O–H groups in total. The van der Waals surface area contributed by atoms with Crippen LogP contribution in [0.1, 0.15) is 34.0 Å². The second-order valence-electron chi connectivity index (χ2n) is 4.65. The molecule has 1 atom stereocenters. The standard InChI is InChI=1S/C14H19N3OS/c1-4-12-8-13(19-11(12)3)14(18)16-10(2)9-17-7-5-6-15-17/h5-8,10H,4,9H2,1-3H3,(H,16,18). The van der Waals surface area contributed by atoms with E-state index in [4.69, 9.17) is 0 Å². The third-order valence-corrected chi connectivity index (χ3v) is 4.11. The minimum Gasteiger partial charge on any atom is -0.347 e. The molecule has 0 aromatic carbocycles. The van der Waals surface area contributed by atoms with Gasteiger partial charge in [0.2, 0.25) is 0 Å². The Labute approximate surface area is 117 Å². The first-order chi connectivity index (χ1) is 9.10. The van der Waals surface area contributed by atoms with Crippen molar-refractivity contribution in [1.29, 1.82) is 0 Å². The molecule has 1 unspecified atom stereocenters. The van der Waals surface area contributed by atoms with Crippen molar-refractivity contribution in [3.63, 3.8) is 0 Å². The van der Waals surface area contributed by atoms with Gasteiger partial charge >= 0.3 is 0 Å². The lowest BCUT2D eigenvalue weighted by Crippen LogP contribution is -2.35. The van der Waals surface area contributed by atoms with E-state index in [-0.39, 0.29) is 11.9 Å². The Morgan fingerprint density at radius 3 is 2.95 bits per heavy atom. The van der Waals surface area contributed by atoms with E-state index >= 15 is 0 Å². The SMILES string of the molecule is CCc1cc(C(=O)NC(C)Cn2cccn2)sc1C. The van der Waals surface area contributed by atoms with E-state index in [0.717, 1.165) is 11.3 Å². The summed E-state index contributed by atoms with van der Waals surface area (Å²) in [4.78, 5) is 14.2.